The molecule has 0 radical (unpaired) electrons. The lowest BCUT2D eigenvalue weighted by Gasteiger charge is -2.55. The lowest BCUT2D eigenvalue weighted by Crippen LogP contribution is -2.57. The Hall–Kier alpha value is -2.57. The van der Waals surface area contributed by atoms with Crippen LogP contribution in [0.25, 0.3) is 0 Å². The highest BCUT2D eigenvalue weighted by atomic mass is 35.5. The van der Waals surface area contributed by atoms with Crippen LogP contribution in [0.2, 0.25) is 5.02 Å². The third kappa shape index (κ3) is 4.91. The van der Waals surface area contributed by atoms with Crippen LogP contribution in [0.5, 0.6) is 5.75 Å². The van der Waals surface area contributed by atoms with Gasteiger partial charge < -0.3 is 19.5 Å². The molecule has 7 heteroatoms. The second kappa shape index (κ2) is 9.47. The Kier molecular flexibility index (Phi) is 6.53. The van der Waals surface area contributed by atoms with Gasteiger partial charge in [0.2, 0.25) is 5.91 Å². The smallest absolute Gasteiger partial charge is 0.303 e. The van der Waals surface area contributed by atoms with Gasteiger partial charge in [-0.1, -0.05) is 41.9 Å². The highest BCUT2D eigenvalue weighted by Gasteiger charge is 2.54. The fourth-order valence-electron chi connectivity index (χ4n) is 6.18. The SMILES string of the molecule is C[C@]1(CCC(=O)O)Oc2ccccc2[C@@H]2OC[C@]3(CCCN(C(=O)Cc4ccc(Cl)cc4)C3)C[C@H]21. The number of carboxylic acids is 1. The van der Waals surface area contributed by atoms with E-state index in [1.54, 1.807) is 0 Å². The summed E-state index contributed by atoms with van der Waals surface area (Å²) >= 11 is 5.99. The number of fused-ring (bicyclic) bond motifs is 3. The monoisotopic (exact) mass is 497 g/mol. The number of aliphatic carboxylic acids is 1. The Morgan fingerprint density at radius 2 is 1.94 bits per heavy atom. The van der Waals surface area contributed by atoms with E-state index in [0.29, 0.717) is 31.0 Å². The number of ether oxygens (including phenoxy) is 2. The van der Waals surface area contributed by atoms with E-state index in [1.807, 2.05) is 60.4 Å². The van der Waals surface area contributed by atoms with Crippen LogP contribution in [0, 0.1) is 11.3 Å². The van der Waals surface area contributed by atoms with Gasteiger partial charge in [-0.05, 0) is 56.4 Å². The van der Waals surface area contributed by atoms with E-state index in [-0.39, 0.29) is 29.8 Å². The molecule has 35 heavy (non-hydrogen) atoms. The third-order valence-electron chi connectivity index (χ3n) is 8.06. The first kappa shape index (κ1) is 24.1. The molecule has 186 valence electrons. The summed E-state index contributed by atoms with van der Waals surface area (Å²) in [4.78, 5) is 26.6. The molecule has 0 saturated carbocycles. The molecule has 5 rings (SSSR count). The Morgan fingerprint density at radius 1 is 1.17 bits per heavy atom. The number of piperidine rings is 1. The number of benzene rings is 2. The molecule has 6 nitrogen and oxygen atoms in total. The quantitative estimate of drug-likeness (QED) is 0.607. The summed E-state index contributed by atoms with van der Waals surface area (Å²) in [6, 6.07) is 15.3. The Labute approximate surface area is 211 Å². The van der Waals surface area contributed by atoms with E-state index in [4.69, 9.17) is 21.1 Å². The van der Waals surface area contributed by atoms with Crippen molar-refractivity contribution in [2.24, 2.45) is 11.3 Å². The molecule has 2 aromatic rings. The van der Waals surface area contributed by atoms with Crippen LogP contribution in [0.1, 0.15) is 56.3 Å². The third-order valence-corrected chi connectivity index (χ3v) is 8.31. The number of para-hydroxylation sites is 1. The summed E-state index contributed by atoms with van der Waals surface area (Å²) in [5.74, 6) is 0.0820. The molecule has 1 spiro atoms. The molecule has 2 aromatic carbocycles. The van der Waals surface area contributed by atoms with Gasteiger partial charge in [0.25, 0.3) is 0 Å². The van der Waals surface area contributed by atoms with Crippen LogP contribution in [0.15, 0.2) is 48.5 Å². The molecule has 0 aromatic heterocycles. The van der Waals surface area contributed by atoms with Crippen molar-refractivity contribution >= 4 is 23.5 Å². The zero-order valence-corrected chi connectivity index (χ0v) is 20.8. The fourth-order valence-corrected chi connectivity index (χ4v) is 6.30. The first-order chi connectivity index (χ1) is 16.8. The van der Waals surface area contributed by atoms with Gasteiger partial charge in [0.1, 0.15) is 11.4 Å². The number of carbonyl (C=O) groups excluding carboxylic acids is 1. The van der Waals surface area contributed by atoms with Gasteiger partial charge in [0.05, 0.1) is 19.1 Å². The van der Waals surface area contributed by atoms with Crippen LogP contribution in [-0.2, 0) is 20.7 Å². The maximum absolute atomic E-state index is 13.2. The molecule has 3 heterocycles. The van der Waals surface area contributed by atoms with Gasteiger partial charge >= 0.3 is 5.97 Å². The molecule has 3 aliphatic heterocycles. The van der Waals surface area contributed by atoms with Crippen LogP contribution < -0.4 is 4.74 Å². The maximum Gasteiger partial charge on any atom is 0.303 e. The number of hydrogen-bond acceptors (Lipinski definition) is 4. The van der Waals surface area contributed by atoms with Crippen LogP contribution in [0.3, 0.4) is 0 Å². The minimum atomic E-state index is -0.826. The van der Waals surface area contributed by atoms with Crippen molar-refractivity contribution in [2.75, 3.05) is 19.7 Å². The van der Waals surface area contributed by atoms with Gasteiger partial charge in [-0.25, -0.2) is 0 Å². The summed E-state index contributed by atoms with van der Waals surface area (Å²) < 4.78 is 13.1. The average molecular weight is 498 g/mol. The molecular formula is C28H32ClNO5. The lowest BCUT2D eigenvalue weighted by molar-refractivity contribution is -0.185. The van der Waals surface area contributed by atoms with E-state index in [9.17, 15) is 14.7 Å². The maximum atomic E-state index is 13.2. The molecule has 0 unspecified atom stereocenters. The second-order valence-electron chi connectivity index (χ2n) is 10.6. The van der Waals surface area contributed by atoms with Gasteiger partial charge in [-0.2, -0.15) is 0 Å². The second-order valence-corrected chi connectivity index (χ2v) is 11.0. The van der Waals surface area contributed by atoms with Crippen molar-refractivity contribution in [3.05, 3.63) is 64.7 Å². The van der Waals surface area contributed by atoms with Crippen molar-refractivity contribution in [3.63, 3.8) is 0 Å². The normalized spacial score (nSPS) is 29.7. The first-order valence-electron chi connectivity index (χ1n) is 12.4. The van der Waals surface area contributed by atoms with E-state index < -0.39 is 11.6 Å². The summed E-state index contributed by atoms with van der Waals surface area (Å²) in [6.07, 6.45) is 3.43. The zero-order valence-electron chi connectivity index (χ0n) is 20.0. The topological polar surface area (TPSA) is 76.1 Å². The molecular weight excluding hydrogens is 466 g/mol. The minimum Gasteiger partial charge on any atom is -0.487 e. The number of carbonyl (C=O) groups is 2. The van der Waals surface area contributed by atoms with E-state index >= 15 is 0 Å². The molecule has 0 bridgehead atoms. The molecule has 1 N–H and O–H groups in total. The van der Waals surface area contributed by atoms with Gasteiger partial charge in [0, 0.05) is 41.4 Å². The molecule has 1 amide bonds. The molecule has 0 aliphatic carbocycles. The van der Waals surface area contributed by atoms with Crippen LogP contribution in [-0.4, -0.2) is 47.2 Å². The highest BCUT2D eigenvalue weighted by molar-refractivity contribution is 6.30. The Balaban J connectivity index is 1.36. The van der Waals surface area contributed by atoms with Gasteiger partial charge in [0.15, 0.2) is 0 Å². The predicted molar refractivity (Wildman–Crippen MR) is 133 cm³/mol. The van der Waals surface area contributed by atoms with E-state index in [0.717, 1.165) is 42.7 Å². The van der Waals surface area contributed by atoms with E-state index in [2.05, 4.69) is 0 Å². The predicted octanol–water partition coefficient (Wildman–Crippen LogP) is 5.29. The van der Waals surface area contributed by atoms with Crippen LogP contribution in [0.4, 0.5) is 0 Å². The molecule has 3 aliphatic rings. The standard InChI is InChI=1S/C28H32ClNO5/c1-27(13-11-25(32)33)22-16-28(18-34-26(22)21-5-2-3-6-23(21)35-27)12-4-14-30(17-28)24(31)15-19-7-9-20(29)10-8-19/h2-3,5-10,22,26H,4,11-18H2,1H3,(H,32,33)/t22-,26+,27-,28-/m1/s1. The number of carboxylic acid groups (broad SMARTS) is 1. The average Bonchev–Trinajstić information content (AvgIpc) is 2.85. The summed E-state index contributed by atoms with van der Waals surface area (Å²) in [7, 11) is 0. The summed E-state index contributed by atoms with van der Waals surface area (Å²) in [5, 5.41) is 10.0. The fraction of sp³-hybridized carbons (Fsp3) is 0.500. The largest absolute Gasteiger partial charge is 0.487 e. The van der Waals surface area contributed by atoms with Crippen molar-refractivity contribution in [1.29, 1.82) is 0 Å². The van der Waals surface area contributed by atoms with Gasteiger partial charge in [-0.15, -0.1) is 0 Å². The van der Waals surface area contributed by atoms with Crippen molar-refractivity contribution in [1.82, 2.24) is 4.90 Å². The van der Waals surface area contributed by atoms with Crippen molar-refractivity contribution in [2.45, 2.75) is 57.2 Å². The Bertz CT molecular complexity index is 1100. The number of likely N-dealkylation sites (tertiary alicyclic amines) is 1. The number of nitrogens with zero attached hydrogens (tertiary/aromatic N) is 1. The highest BCUT2D eigenvalue weighted by Crippen LogP contribution is 2.56. The van der Waals surface area contributed by atoms with E-state index in [1.165, 1.54) is 0 Å². The minimum absolute atomic E-state index is 0.0109. The lowest BCUT2D eigenvalue weighted by atomic mass is 9.64. The van der Waals surface area contributed by atoms with Gasteiger partial charge in [-0.3, -0.25) is 9.59 Å². The number of halogens is 1. The summed E-state index contributed by atoms with van der Waals surface area (Å²) in [5.41, 5.74) is 1.18. The summed E-state index contributed by atoms with van der Waals surface area (Å²) in [6.45, 7) is 4.01. The number of amides is 1. The number of hydrogen-bond donors (Lipinski definition) is 1. The van der Waals surface area contributed by atoms with Crippen LogP contribution >= 0.6 is 11.6 Å². The zero-order chi connectivity index (χ0) is 24.6. The van der Waals surface area contributed by atoms with Crippen molar-refractivity contribution in [3.8, 4) is 5.75 Å². The Morgan fingerprint density at radius 3 is 2.71 bits per heavy atom. The number of rotatable bonds is 5. The molecule has 2 saturated heterocycles. The van der Waals surface area contributed by atoms with Crippen molar-refractivity contribution < 1.29 is 24.2 Å². The molecule has 4 atom stereocenters. The molecule has 2 fully saturated rings. The first-order valence-corrected chi connectivity index (χ1v) is 12.8.